The van der Waals surface area contributed by atoms with E-state index >= 15 is 0 Å². The van der Waals surface area contributed by atoms with Crippen LogP contribution in [0, 0.1) is 5.82 Å². The lowest BCUT2D eigenvalue weighted by molar-refractivity contribution is 0.102. The van der Waals surface area contributed by atoms with E-state index in [4.69, 9.17) is 15.2 Å². The number of methoxy groups -OCH3 is 2. The molecule has 0 aliphatic rings. The second-order valence-electron chi connectivity index (χ2n) is 7.47. The van der Waals surface area contributed by atoms with Crippen molar-refractivity contribution < 1.29 is 18.7 Å². The predicted molar refractivity (Wildman–Crippen MR) is 135 cm³/mol. The van der Waals surface area contributed by atoms with E-state index in [0.29, 0.717) is 34.9 Å². The third kappa shape index (κ3) is 5.13. The number of hydrogen-bond acceptors (Lipinski definition) is 6. The van der Waals surface area contributed by atoms with Crippen LogP contribution in [0.1, 0.15) is 15.9 Å². The highest BCUT2D eigenvalue weighted by Crippen LogP contribution is 2.33. The summed E-state index contributed by atoms with van der Waals surface area (Å²) in [6.45, 7) is 0.562. The SMILES string of the molecule is COc1ccc(NCc2ccc(C(=O)Nc3cc(-c4cccs4)c(F)cc3N)cc2)cc1OC. The average Bonchev–Trinajstić information content (AvgIpc) is 3.39. The highest BCUT2D eigenvalue weighted by molar-refractivity contribution is 7.13. The second-order valence-corrected chi connectivity index (χ2v) is 8.42. The van der Waals surface area contributed by atoms with Crippen molar-refractivity contribution in [2.75, 3.05) is 30.6 Å². The number of anilines is 3. The van der Waals surface area contributed by atoms with Crippen LogP contribution >= 0.6 is 11.3 Å². The first-order valence-electron chi connectivity index (χ1n) is 10.5. The first-order valence-corrected chi connectivity index (χ1v) is 11.4. The molecule has 3 aromatic carbocycles. The quantitative estimate of drug-likeness (QED) is 0.270. The predicted octanol–water partition coefficient (Wildman–Crippen LogP) is 6.02. The number of nitrogens with one attached hydrogen (secondary N) is 2. The maximum Gasteiger partial charge on any atom is 0.255 e. The second kappa shape index (κ2) is 10.3. The van der Waals surface area contributed by atoms with Crippen molar-refractivity contribution in [1.29, 1.82) is 0 Å². The monoisotopic (exact) mass is 477 g/mol. The number of carbonyl (C=O) groups excluding carboxylic acids is 1. The summed E-state index contributed by atoms with van der Waals surface area (Å²) in [5.41, 5.74) is 9.23. The topological polar surface area (TPSA) is 85.6 Å². The fourth-order valence-electron chi connectivity index (χ4n) is 3.44. The Labute approximate surface area is 201 Å². The van der Waals surface area contributed by atoms with Crippen LogP contribution in [0.2, 0.25) is 0 Å². The summed E-state index contributed by atoms with van der Waals surface area (Å²) in [5.74, 6) is 0.550. The van der Waals surface area contributed by atoms with Crippen molar-refractivity contribution in [3.8, 4) is 21.9 Å². The molecule has 174 valence electrons. The standard InChI is InChI=1S/C26H24FN3O3S/c1-32-23-10-9-18(12-24(23)33-2)29-15-16-5-7-17(8-6-16)26(31)30-22-13-19(20(27)14-21(22)28)25-4-3-11-34-25/h3-14,29H,15,28H2,1-2H3,(H,30,31). The van der Waals surface area contributed by atoms with Gasteiger partial charge in [-0.2, -0.15) is 0 Å². The van der Waals surface area contributed by atoms with Crippen molar-refractivity contribution in [1.82, 2.24) is 0 Å². The molecule has 0 spiro atoms. The Kier molecular flexibility index (Phi) is 6.98. The number of hydrogen-bond donors (Lipinski definition) is 3. The van der Waals surface area contributed by atoms with E-state index in [1.165, 1.54) is 17.4 Å². The maximum atomic E-state index is 14.4. The molecule has 0 atom stereocenters. The number of nitrogen functional groups attached to an aromatic ring is 1. The van der Waals surface area contributed by atoms with E-state index in [0.717, 1.165) is 16.1 Å². The molecule has 34 heavy (non-hydrogen) atoms. The minimum Gasteiger partial charge on any atom is -0.493 e. The van der Waals surface area contributed by atoms with Gasteiger partial charge in [-0.05, 0) is 53.4 Å². The number of rotatable bonds is 8. The molecule has 4 rings (SSSR count). The number of benzene rings is 3. The third-order valence-corrected chi connectivity index (χ3v) is 6.17. The molecule has 1 amide bonds. The lowest BCUT2D eigenvalue weighted by Crippen LogP contribution is -2.13. The zero-order chi connectivity index (χ0) is 24.1. The molecule has 4 aromatic rings. The molecular formula is C26H24FN3O3S. The highest BCUT2D eigenvalue weighted by Gasteiger charge is 2.14. The van der Waals surface area contributed by atoms with Crippen LogP contribution in [0.4, 0.5) is 21.5 Å². The fourth-order valence-corrected chi connectivity index (χ4v) is 4.18. The van der Waals surface area contributed by atoms with Gasteiger partial charge in [0, 0.05) is 34.3 Å². The zero-order valence-electron chi connectivity index (χ0n) is 18.7. The average molecular weight is 478 g/mol. The van der Waals surface area contributed by atoms with E-state index in [-0.39, 0.29) is 11.6 Å². The van der Waals surface area contributed by atoms with Crippen LogP contribution in [0.25, 0.3) is 10.4 Å². The molecular weight excluding hydrogens is 453 g/mol. The van der Waals surface area contributed by atoms with Crippen molar-refractivity contribution in [2.24, 2.45) is 0 Å². The minimum absolute atomic E-state index is 0.168. The summed E-state index contributed by atoms with van der Waals surface area (Å²) in [4.78, 5) is 13.5. The minimum atomic E-state index is -0.427. The maximum absolute atomic E-state index is 14.4. The van der Waals surface area contributed by atoms with Gasteiger partial charge in [0.15, 0.2) is 11.5 Å². The summed E-state index contributed by atoms with van der Waals surface area (Å²) in [5, 5.41) is 7.98. The molecule has 0 unspecified atom stereocenters. The summed E-state index contributed by atoms with van der Waals surface area (Å²) in [6.07, 6.45) is 0. The highest BCUT2D eigenvalue weighted by atomic mass is 32.1. The Balaban J connectivity index is 1.42. The molecule has 1 heterocycles. The number of nitrogens with two attached hydrogens (primary N) is 1. The Morgan fingerprint density at radius 3 is 2.44 bits per heavy atom. The van der Waals surface area contributed by atoms with E-state index < -0.39 is 5.82 Å². The van der Waals surface area contributed by atoms with Gasteiger partial charge in [-0.1, -0.05) is 18.2 Å². The van der Waals surface area contributed by atoms with Crippen molar-refractivity contribution in [2.45, 2.75) is 6.54 Å². The van der Waals surface area contributed by atoms with Crippen LogP contribution in [-0.4, -0.2) is 20.1 Å². The van der Waals surface area contributed by atoms with E-state index in [1.54, 1.807) is 32.4 Å². The van der Waals surface area contributed by atoms with Gasteiger partial charge in [0.2, 0.25) is 0 Å². The molecule has 1 aromatic heterocycles. The van der Waals surface area contributed by atoms with Gasteiger partial charge in [0.1, 0.15) is 5.82 Å². The van der Waals surface area contributed by atoms with E-state index in [1.807, 2.05) is 47.8 Å². The van der Waals surface area contributed by atoms with Crippen LogP contribution in [-0.2, 0) is 6.54 Å². The Bertz CT molecular complexity index is 1290. The molecule has 0 saturated heterocycles. The number of amides is 1. The number of ether oxygens (including phenoxy) is 2. The Hall–Kier alpha value is -4.04. The van der Waals surface area contributed by atoms with Crippen molar-refractivity contribution in [3.05, 3.63) is 89.1 Å². The van der Waals surface area contributed by atoms with Gasteiger partial charge in [-0.25, -0.2) is 4.39 Å². The summed E-state index contributed by atoms with van der Waals surface area (Å²) >= 11 is 1.42. The molecule has 0 radical (unpaired) electrons. The van der Waals surface area contributed by atoms with Crippen LogP contribution in [0.3, 0.4) is 0 Å². The van der Waals surface area contributed by atoms with E-state index in [2.05, 4.69) is 10.6 Å². The lowest BCUT2D eigenvalue weighted by atomic mass is 10.1. The smallest absolute Gasteiger partial charge is 0.255 e. The van der Waals surface area contributed by atoms with Crippen molar-refractivity contribution in [3.63, 3.8) is 0 Å². The van der Waals surface area contributed by atoms with Crippen molar-refractivity contribution >= 4 is 34.3 Å². The van der Waals surface area contributed by atoms with Gasteiger partial charge < -0.3 is 25.8 Å². The molecule has 0 bridgehead atoms. The van der Waals surface area contributed by atoms with E-state index in [9.17, 15) is 9.18 Å². The third-order valence-electron chi connectivity index (χ3n) is 5.27. The Morgan fingerprint density at radius 1 is 1.00 bits per heavy atom. The van der Waals surface area contributed by atoms with Gasteiger partial charge >= 0.3 is 0 Å². The zero-order valence-corrected chi connectivity index (χ0v) is 19.5. The summed E-state index contributed by atoms with van der Waals surface area (Å²) in [7, 11) is 3.18. The molecule has 8 heteroatoms. The first kappa shape index (κ1) is 23.1. The molecule has 0 saturated carbocycles. The fraction of sp³-hybridized carbons (Fsp3) is 0.115. The number of carbonyl (C=O) groups is 1. The van der Waals surface area contributed by atoms with Gasteiger partial charge in [0.25, 0.3) is 5.91 Å². The Morgan fingerprint density at radius 2 is 1.76 bits per heavy atom. The van der Waals surface area contributed by atoms with Gasteiger partial charge in [-0.3, -0.25) is 4.79 Å². The molecule has 0 aliphatic carbocycles. The summed E-state index contributed by atoms with van der Waals surface area (Å²) in [6, 6.07) is 19.3. The molecule has 0 aliphatic heterocycles. The first-order chi connectivity index (χ1) is 16.5. The van der Waals surface area contributed by atoms with Crippen LogP contribution in [0.5, 0.6) is 11.5 Å². The van der Waals surface area contributed by atoms with Gasteiger partial charge in [-0.15, -0.1) is 11.3 Å². The van der Waals surface area contributed by atoms with Gasteiger partial charge in [0.05, 0.1) is 25.6 Å². The molecule has 4 N–H and O–H groups in total. The normalized spacial score (nSPS) is 10.6. The molecule has 6 nitrogen and oxygen atoms in total. The largest absolute Gasteiger partial charge is 0.493 e. The summed E-state index contributed by atoms with van der Waals surface area (Å²) < 4.78 is 24.9. The number of halogens is 1. The van der Waals surface area contributed by atoms with Crippen LogP contribution < -0.4 is 25.8 Å². The molecule has 0 fully saturated rings. The van der Waals surface area contributed by atoms with Crippen LogP contribution in [0.15, 0.2) is 72.1 Å². The lowest BCUT2D eigenvalue weighted by Gasteiger charge is -2.12. The number of thiophene rings is 1.